The Balaban J connectivity index is 1.46. The Morgan fingerprint density at radius 3 is 2.72 bits per heavy atom. The van der Waals surface area contributed by atoms with Gasteiger partial charge in [0.15, 0.2) is 0 Å². The zero-order valence-corrected chi connectivity index (χ0v) is 15.9. The summed E-state index contributed by atoms with van der Waals surface area (Å²) >= 11 is 3.70. The maximum atomic E-state index is 12.2. The molecule has 1 fully saturated rings. The Labute approximate surface area is 157 Å². The number of rotatable bonds is 8. The van der Waals surface area contributed by atoms with Crippen LogP contribution in [0.15, 0.2) is 58.0 Å². The Morgan fingerprint density at radius 2 is 2.00 bits per heavy atom. The summed E-state index contributed by atoms with van der Waals surface area (Å²) in [5.41, 5.74) is 0. The highest BCUT2D eigenvalue weighted by Crippen LogP contribution is 2.24. The Kier molecular flexibility index (Phi) is 7.33. The van der Waals surface area contributed by atoms with Gasteiger partial charge in [0, 0.05) is 48.2 Å². The van der Waals surface area contributed by atoms with Gasteiger partial charge in [-0.25, -0.2) is 0 Å². The Hall–Kier alpha value is -1.37. The standard InChI is InChI=1S/C19H24N2O2S2/c22-19(8-12-25-16-5-2-1-3-6-16)20-15-17(18-7-4-11-23-18)21-9-13-24-14-10-21/h1-7,11,17H,8-10,12-15H2,(H,20,22)/t17-/m0/s1. The highest BCUT2D eigenvalue weighted by Gasteiger charge is 2.24. The van der Waals surface area contributed by atoms with E-state index in [0.29, 0.717) is 13.0 Å². The molecule has 1 N–H and O–H groups in total. The topological polar surface area (TPSA) is 45.5 Å². The lowest BCUT2D eigenvalue weighted by Gasteiger charge is -2.33. The average molecular weight is 377 g/mol. The molecule has 1 aromatic heterocycles. The quantitative estimate of drug-likeness (QED) is 0.712. The third-order valence-electron chi connectivity index (χ3n) is 4.19. The van der Waals surface area contributed by atoms with Gasteiger partial charge < -0.3 is 9.73 Å². The maximum Gasteiger partial charge on any atom is 0.220 e. The molecule has 0 unspecified atom stereocenters. The highest BCUT2D eigenvalue weighted by atomic mass is 32.2. The number of carbonyl (C=O) groups is 1. The summed E-state index contributed by atoms with van der Waals surface area (Å²) in [6.07, 6.45) is 2.24. The van der Waals surface area contributed by atoms with E-state index in [2.05, 4.69) is 22.3 Å². The van der Waals surface area contributed by atoms with Crippen molar-refractivity contribution in [1.82, 2.24) is 10.2 Å². The van der Waals surface area contributed by atoms with Crippen LogP contribution in [0.5, 0.6) is 0 Å². The van der Waals surface area contributed by atoms with Crippen molar-refractivity contribution in [2.24, 2.45) is 0 Å². The van der Waals surface area contributed by atoms with Crippen LogP contribution in [0.3, 0.4) is 0 Å². The van der Waals surface area contributed by atoms with Crippen LogP contribution in [-0.4, -0.2) is 47.7 Å². The molecule has 2 heterocycles. The van der Waals surface area contributed by atoms with E-state index in [-0.39, 0.29) is 11.9 Å². The van der Waals surface area contributed by atoms with Crippen molar-refractivity contribution in [2.45, 2.75) is 17.4 Å². The van der Waals surface area contributed by atoms with Gasteiger partial charge in [0.25, 0.3) is 0 Å². The molecule has 1 aliphatic heterocycles. The van der Waals surface area contributed by atoms with E-state index in [9.17, 15) is 4.79 Å². The molecule has 0 bridgehead atoms. The van der Waals surface area contributed by atoms with E-state index in [1.807, 2.05) is 42.1 Å². The molecule has 25 heavy (non-hydrogen) atoms. The van der Waals surface area contributed by atoms with Crippen molar-refractivity contribution in [3.63, 3.8) is 0 Å². The van der Waals surface area contributed by atoms with Gasteiger partial charge in [0.2, 0.25) is 5.91 Å². The number of benzene rings is 1. The highest BCUT2D eigenvalue weighted by molar-refractivity contribution is 7.99. The molecule has 6 heteroatoms. The molecule has 0 aliphatic carbocycles. The molecule has 0 saturated carbocycles. The molecule has 134 valence electrons. The van der Waals surface area contributed by atoms with E-state index in [1.165, 1.54) is 4.90 Å². The summed E-state index contributed by atoms with van der Waals surface area (Å²) in [6.45, 7) is 2.68. The van der Waals surface area contributed by atoms with Crippen LogP contribution in [0, 0.1) is 0 Å². The van der Waals surface area contributed by atoms with Gasteiger partial charge in [0.05, 0.1) is 12.3 Å². The summed E-state index contributed by atoms with van der Waals surface area (Å²) in [5.74, 6) is 4.11. The monoisotopic (exact) mass is 376 g/mol. The van der Waals surface area contributed by atoms with Gasteiger partial charge in [-0.1, -0.05) is 18.2 Å². The van der Waals surface area contributed by atoms with Crippen LogP contribution in [0.4, 0.5) is 0 Å². The SMILES string of the molecule is O=C(CCSc1ccccc1)NC[C@@H](c1ccco1)N1CCSCC1. The molecule has 4 nitrogen and oxygen atoms in total. The zero-order valence-electron chi connectivity index (χ0n) is 14.2. The normalized spacial score (nSPS) is 16.5. The fourth-order valence-corrected chi connectivity index (χ4v) is 4.66. The van der Waals surface area contributed by atoms with Gasteiger partial charge in [-0.05, 0) is 24.3 Å². The molecule has 0 radical (unpaired) electrons. The number of hydrogen-bond donors (Lipinski definition) is 1. The summed E-state index contributed by atoms with van der Waals surface area (Å²) < 4.78 is 5.62. The van der Waals surface area contributed by atoms with Crippen LogP contribution in [0.25, 0.3) is 0 Å². The first kappa shape index (κ1) is 18.4. The number of nitrogens with zero attached hydrogens (tertiary/aromatic N) is 1. The van der Waals surface area contributed by atoms with E-state index in [1.54, 1.807) is 18.0 Å². The van der Waals surface area contributed by atoms with Gasteiger partial charge in [-0.15, -0.1) is 11.8 Å². The lowest BCUT2D eigenvalue weighted by molar-refractivity contribution is -0.120. The fourth-order valence-electron chi connectivity index (χ4n) is 2.86. The first-order chi connectivity index (χ1) is 12.3. The van der Waals surface area contributed by atoms with Crippen LogP contribution in [0.2, 0.25) is 0 Å². The second kappa shape index (κ2) is 9.94. The smallest absolute Gasteiger partial charge is 0.220 e. The Morgan fingerprint density at radius 1 is 1.20 bits per heavy atom. The van der Waals surface area contributed by atoms with Crippen molar-refractivity contribution in [2.75, 3.05) is 36.9 Å². The molecule has 1 saturated heterocycles. The number of thioether (sulfide) groups is 2. The van der Waals surface area contributed by atoms with Crippen molar-refractivity contribution in [3.05, 3.63) is 54.5 Å². The molecule has 1 amide bonds. The Bertz CT molecular complexity index is 628. The molecule has 2 aromatic rings. The number of furan rings is 1. The zero-order chi connectivity index (χ0) is 17.3. The van der Waals surface area contributed by atoms with E-state index in [0.717, 1.165) is 36.1 Å². The molecular formula is C19H24N2O2S2. The van der Waals surface area contributed by atoms with E-state index in [4.69, 9.17) is 4.42 Å². The van der Waals surface area contributed by atoms with Gasteiger partial charge in [-0.3, -0.25) is 9.69 Å². The average Bonchev–Trinajstić information content (AvgIpc) is 3.18. The second-order valence-corrected chi connectivity index (χ2v) is 8.29. The summed E-state index contributed by atoms with van der Waals surface area (Å²) in [7, 11) is 0. The molecule has 1 aliphatic rings. The van der Waals surface area contributed by atoms with Gasteiger partial charge in [-0.2, -0.15) is 11.8 Å². The lowest BCUT2D eigenvalue weighted by Crippen LogP contribution is -2.42. The molecule has 1 atom stereocenters. The first-order valence-corrected chi connectivity index (χ1v) is 10.8. The largest absolute Gasteiger partial charge is 0.468 e. The number of hydrogen-bond acceptors (Lipinski definition) is 5. The van der Waals surface area contributed by atoms with Crippen molar-refractivity contribution in [1.29, 1.82) is 0 Å². The minimum atomic E-state index is 0.103. The maximum absolute atomic E-state index is 12.2. The van der Waals surface area contributed by atoms with E-state index < -0.39 is 0 Å². The lowest BCUT2D eigenvalue weighted by atomic mass is 10.2. The third kappa shape index (κ3) is 5.83. The summed E-state index contributed by atoms with van der Waals surface area (Å²) in [4.78, 5) is 15.8. The third-order valence-corrected chi connectivity index (χ3v) is 6.15. The van der Waals surface area contributed by atoms with Crippen LogP contribution >= 0.6 is 23.5 Å². The molecule has 0 spiro atoms. The second-order valence-electron chi connectivity index (χ2n) is 5.90. The minimum Gasteiger partial charge on any atom is -0.468 e. The number of nitrogens with one attached hydrogen (secondary N) is 1. The van der Waals surface area contributed by atoms with Crippen molar-refractivity contribution in [3.8, 4) is 0 Å². The van der Waals surface area contributed by atoms with E-state index >= 15 is 0 Å². The minimum absolute atomic E-state index is 0.103. The number of amides is 1. The first-order valence-electron chi connectivity index (χ1n) is 8.62. The van der Waals surface area contributed by atoms with Gasteiger partial charge >= 0.3 is 0 Å². The predicted octanol–water partition coefficient (Wildman–Crippen LogP) is 3.67. The van der Waals surface area contributed by atoms with Crippen molar-refractivity contribution >= 4 is 29.4 Å². The number of carbonyl (C=O) groups excluding carboxylic acids is 1. The summed E-state index contributed by atoms with van der Waals surface area (Å²) in [5, 5.41) is 3.09. The molecule has 1 aromatic carbocycles. The summed E-state index contributed by atoms with van der Waals surface area (Å²) in [6, 6.07) is 14.2. The van der Waals surface area contributed by atoms with Crippen LogP contribution in [0.1, 0.15) is 18.2 Å². The fraction of sp³-hybridized carbons (Fsp3) is 0.421. The van der Waals surface area contributed by atoms with Crippen molar-refractivity contribution < 1.29 is 9.21 Å². The molecule has 3 rings (SSSR count). The van der Waals surface area contributed by atoms with Gasteiger partial charge in [0.1, 0.15) is 5.76 Å². The molecular weight excluding hydrogens is 352 g/mol. The predicted molar refractivity (Wildman–Crippen MR) is 105 cm³/mol. The van der Waals surface area contributed by atoms with Crippen LogP contribution in [-0.2, 0) is 4.79 Å². The van der Waals surface area contributed by atoms with Crippen LogP contribution < -0.4 is 5.32 Å².